The van der Waals surface area contributed by atoms with Gasteiger partial charge in [-0.3, -0.25) is 0 Å². The lowest BCUT2D eigenvalue weighted by Crippen LogP contribution is -2.58. The van der Waals surface area contributed by atoms with E-state index in [2.05, 4.69) is 0 Å². The van der Waals surface area contributed by atoms with Crippen molar-refractivity contribution in [1.29, 1.82) is 0 Å². The predicted octanol–water partition coefficient (Wildman–Crippen LogP) is 1.82. The molecular formula is C13H21NO4S2. The van der Waals surface area contributed by atoms with Gasteiger partial charge < -0.3 is 9.84 Å². The van der Waals surface area contributed by atoms with Crippen molar-refractivity contribution in [3.8, 4) is 0 Å². The summed E-state index contributed by atoms with van der Waals surface area (Å²) in [6.07, 6.45) is 0. The summed E-state index contributed by atoms with van der Waals surface area (Å²) in [5.74, 6) is 0. The first-order valence-electron chi connectivity index (χ1n) is 6.44. The quantitative estimate of drug-likeness (QED) is 0.923. The molecule has 0 spiro atoms. The van der Waals surface area contributed by atoms with Crippen LogP contribution in [0.2, 0.25) is 0 Å². The second-order valence-electron chi connectivity index (χ2n) is 6.30. The van der Waals surface area contributed by atoms with Crippen molar-refractivity contribution >= 4 is 21.4 Å². The monoisotopic (exact) mass is 319 g/mol. The van der Waals surface area contributed by atoms with E-state index in [1.54, 1.807) is 5.38 Å². The van der Waals surface area contributed by atoms with Gasteiger partial charge in [-0.05, 0) is 33.8 Å². The molecule has 1 aliphatic heterocycles. The van der Waals surface area contributed by atoms with Gasteiger partial charge in [0.15, 0.2) is 0 Å². The molecule has 2 rings (SSSR count). The smallest absolute Gasteiger partial charge is 0.244 e. The molecule has 0 aliphatic carbocycles. The Labute approximate surface area is 124 Å². The topological polar surface area (TPSA) is 66.8 Å². The Morgan fingerprint density at radius 2 is 1.85 bits per heavy atom. The van der Waals surface area contributed by atoms with Crippen molar-refractivity contribution in [3.05, 3.63) is 16.3 Å². The van der Waals surface area contributed by atoms with Gasteiger partial charge in [-0.15, -0.1) is 11.3 Å². The molecule has 0 amide bonds. The minimum absolute atomic E-state index is 0.139. The molecule has 114 valence electrons. The summed E-state index contributed by atoms with van der Waals surface area (Å²) in [4.78, 5) is 0.899. The molecule has 1 N–H and O–H groups in total. The van der Waals surface area contributed by atoms with Crippen molar-refractivity contribution in [1.82, 2.24) is 4.31 Å². The Morgan fingerprint density at radius 1 is 1.30 bits per heavy atom. The maximum Gasteiger partial charge on any atom is 0.244 e. The minimum atomic E-state index is -3.54. The highest BCUT2D eigenvalue weighted by molar-refractivity contribution is 7.89. The lowest BCUT2D eigenvalue weighted by Gasteiger charge is -2.46. The molecule has 0 aromatic carbocycles. The molecular weight excluding hydrogens is 298 g/mol. The van der Waals surface area contributed by atoms with E-state index in [-0.39, 0.29) is 11.5 Å². The number of morpholine rings is 1. The highest BCUT2D eigenvalue weighted by Gasteiger charge is 2.43. The van der Waals surface area contributed by atoms with E-state index in [1.165, 1.54) is 21.7 Å². The second-order valence-corrected chi connectivity index (χ2v) is 9.24. The normalized spacial score (nSPS) is 22.9. The SMILES string of the molecule is CC1(C)CN(S(=O)(=O)c2csc(CO)c2)CC(C)(C)O1. The number of sulfonamides is 1. The molecule has 1 saturated heterocycles. The van der Waals surface area contributed by atoms with Crippen LogP contribution in [0.1, 0.15) is 32.6 Å². The highest BCUT2D eigenvalue weighted by Crippen LogP contribution is 2.32. The van der Waals surface area contributed by atoms with Crippen molar-refractivity contribution in [3.63, 3.8) is 0 Å². The molecule has 20 heavy (non-hydrogen) atoms. The van der Waals surface area contributed by atoms with Gasteiger partial charge in [-0.2, -0.15) is 4.31 Å². The lowest BCUT2D eigenvalue weighted by molar-refractivity contribution is -0.163. The molecule has 5 nitrogen and oxygen atoms in total. The number of nitrogens with zero attached hydrogens (tertiary/aromatic N) is 1. The zero-order chi connectivity index (χ0) is 15.2. The zero-order valence-electron chi connectivity index (χ0n) is 12.2. The van der Waals surface area contributed by atoms with Gasteiger partial charge in [-0.25, -0.2) is 8.42 Å². The maximum atomic E-state index is 12.7. The van der Waals surface area contributed by atoms with Crippen LogP contribution in [0, 0.1) is 0 Å². The van der Waals surface area contributed by atoms with Crippen LogP contribution in [-0.2, 0) is 21.4 Å². The summed E-state index contributed by atoms with van der Waals surface area (Å²) >= 11 is 1.25. The third-order valence-corrected chi connectivity index (χ3v) is 5.93. The number of ether oxygens (including phenoxy) is 1. The first-order valence-corrected chi connectivity index (χ1v) is 8.76. The molecule has 1 aromatic heterocycles. The summed E-state index contributed by atoms with van der Waals surface area (Å²) in [7, 11) is -3.54. The molecule has 1 fully saturated rings. The molecule has 0 atom stereocenters. The van der Waals surface area contributed by atoms with Gasteiger partial charge in [0.2, 0.25) is 10.0 Å². The molecule has 1 aromatic rings. The Hall–Kier alpha value is -0.470. The van der Waals surface area contributed by atoms with Crippen LogP contribution in [-0.4, -0.2) is 42.1 Å². The number of aliphatic hydroxyl groups excluding tert-OH is 1. The second kappa shape index (κ2) is 5.06. The Bertz CT molecular complexity index is 573. The number of thiophene rings is 1. The molecule has 0 radical (unpaired) electrons. The third kappa shape index (κ3) is 3.23. The fraction of sp³-hybridized carbons (Fsp3) is 0.692. The Kier molecular flexibility index (Phi) is 4.03. The van der Waals surface area contributed by atoms with E-state index >= 15 is 0 Å². The van der Waals surface area contributed by atoms with E-state index < -0.39 is 21.2 Å². The first kappa shape index (κ1) is 15.9. The summed E-state index contributed by atoms with van der Waals surface area (Å²) in [5.41, 5.74) is -1.05. The molecule has 0 unspecified atom stereocenters. The summed E-state index contributed by atoms with van der Waals surface area (Å²) in [6.45, 7) is 8.07. The van der Waals surface area contributed by atoms with E-state index in [0.29, 0.717) is 18.0 Å². The average Bonchev–Trinajstić information content (AvgIpc) is 2.73. The van der Waals surface area contributed by atoms with Crippen molar-refractivity contribution < 1.29 is 18.3 Å². The lowest BCUT2D eigenvalue weighted by atomic mass is 10.0. The molecule has 0 saturated carbocycles. The zero-order valence-corrected chi connectivity index (χ0v) is 13.8. The van der Waals surface area contributed by atoms with Gasteiger partial charge in [0.25, 0.3) is 0 Å². The largest absolute Gasteiger partial charge is 0.391 e. The van der Waals surface area contributed by atoms with Crippen LogP contribution in [0.5, 0.6) is 0 Å². The molecule has 7 heteroatoms. The predicted molar refractivity (Wildman–Crippen MR) is 78.2 cm³/mol. The van der Waals surface area contributed by atoms with E-state index in [4.69, 9.17) is 9.84 Å². The highest BCUT2D eigenvalue weighted by atomic mass is 32.2. The fourth-order valence-electron chi connectivity index (χ4n) is 2.62. The molecule has 0 bridgehead atoms. The standard InChI is InChI=1S/C13H21NO4S2/c1-12(2)8-14(9-13(3,4)18-12)20(16,17)11-5-10(6-15)19-7-11/h5,7,15H,6,8-9H2,1-4H3. The van der Waals surface area contributed by atoms with Gasteiger partial charge in [0.1, 0.15) is 0 Å². The van der Waals surface area contributed by atoms with Crippen molar-refractivity contribution in [2.75, 3.05) is 13.1 Å². The van der Waals surface area contributed by atoms with Crippen LogP contribution >= 0.6 is 11.3 Å². The number of hydrogen-bond donors (Lipinski definition) is 1. The van der Waals surface area contributed by atoms with Gasteiger partial charge in [0, 0.05) is 23.3 Å². The Morgan fingerprint density at radius 3 is 2.30 bits per heavy atom. The van der Waals surface area contributed by atoms with Crippen molar-refractivity contribution in [2.45, 2.75) is 50.4 Å². The van der Waals surface area contributed by atoms with Crippen LogP contribution in [0.4, 0.5) is 0 Å². The van der Waals surface area contributed by atoms with E-state index in [1.807, 2.05) is 27.7 Å². The minimum Gasteiger partial charge on any atom is -0.391 e. The summed E-state index contributed by atoms with van der Waals surface area (Å²) < 4.78 is 32.8. The van der Waals surface area contributed by atoms with E-state index in [0.717, 1.165) is 0 Å². The molecule has 1 aliphatic rings. The van der Waals surface area contributed by atoms with Crippen LogP contribution < -0.4 is 0 Å². The van der Waals surface area contributed by atoms with Gasteiger partial charge in [-0.1, -0.05) is 0 Å². The fourth-order valence-corrected chi connectivity index (χ4v) is 5.48. The van der Waals surface area contributed by atoms with Gasteiger partial charge in [0.05, 0.1) is 22.7 Å². The summed E-state index contributed by atoms with van der Waals surface area (Å²) in [6, 6.07) is 1.54. The number of hydrogen-bond acceptors (Lipinski definition) is 5. The third-order valence-electron chi connectivity index (χ3n) is 3.09. The van der Waals surface area contributed by atoms with Gasteiger partial charge >= 0.3 is 0 Å². The Balaban J connectivity index is 2.33. The first-order chi connectivity index (χ1) is 9.06. The maximum absolute atomic E-state index is 12.7. The van der Waals surface area contributed by atoms with E-state index in [9.17, 15) is 8.42 Å². The number of rotatable bonds is 3. The van der Waals surface area contributed by atoms with Crippen LogP contribution in [0.15, 0.2) is 16.3 Å². The van der Waals surface area contributed by atoms with Crippen LogP contribution in [0.3, 0.4) is 0 Å². The van der Waals surface area contributed by atoms with Crippen LogP contribution in [0.25, 0.3) is 0 Å². The number of aliphatic hydroxyl groups is 1. The average molecular weight is 319 g/mol. The summed E-state index contributed by atoms with van der Waals surface area (Å²) in [5, 5.41) is 10.7. The molecule has 2 heterocycles. The van der Waals surface area contributed by atoms with Crippen molar-refractivity contribution in [2.24, 2.45) is 0 Å².